The van der Waals surface area contributed by atoms with E-state index in [2.05, 4.69) is 14.5 Å². The monoisotopic (exact) mass is 445 g/mol. The number of benzene rings is 1. The highest BCUT2D eigenvalue weighted by Crippen LogP contribution is 2.36. The number of anilines is 1. The third-order valence-electron chi connectivity index (χ3n) is 4.64. The molecule has 1 aliphatic carbocycles. The molecule has 2 amide bonds. The van der Waals surface area contributed by atoms with Crippen LogP contribution in [0.1, 0.15) is 24.0 Å². The number of fused-ring (bicyclic) bond motifs is 1. The van der Waals surface area contributed by atoms with Gasteiger partial charge in [0.05, 0.1) is 0 Å². The van der Waals surface area contributed by atoms with Crippen molar-refractivity contribution in [3.63, 3.8) is 0 Å². The number of hydrogen-bond donors (Lipinski definition) is 1. The molecule has 0 spiro atoms. The van der Waals surface area contributed by atoms with Crippen molar-refractivity contribution in [2.24, 2.45) is 5.92 Å². The van der Waals surface area contributed by atoms with E-state index >= 15 is 0 Å². The molecule has 1 aromatic heterocycles. The number of nitrogens with zero attached hydrogens (tertiary/aromatic N) is 2. The zero-order valence-electron chi connectivity index (χ0n) is 16.0. The van der Waals surface area contributed by atoms with Crippen molar-refractivity contribution in [1.82, 2.24) is 9.88 Å². The van der Waals surface area contributed by atoms with Gasteiger partial charge in [0, 0.05) is 31.1 Å². The van der Waals surface area contributed by atoms with Crippen molar-refractivity contribution in [1.29, 1.82) is 0 Å². The largest absolute Gasteiger partial charge is 0.534 e. The van der Waals surface area contributed by atoms with E-state index in [1.165, 1.54) is 31.1 Å². The van der Waals surface area contributed by atoms with Crippen molar-refractivity contribution in [2.75, 3.05) is 12.4 Å². The van der Waals surface area contributed by atoms with Crippen LogP contribution in [0.2, 0.25) is 0 Å². The molecular weight excluding hydrogens is 427 g/mol. The Balaban J connectivity index is 2.10. The second-order valence-electron chi connectivity index (χ2n) is 7.04. The minimum atomic E-state index is -5.88. The SMILES string of the molecule is Cc1c(OS(=O)(=O)C(F)(F)F)cc2cnc(NC(=O)C3CC3)cc2c1CN(C)C=O. The van der Waals surface area contributed by atoms with E-state index in [4.69, 9.17) is 0 Å². The van der Waals surface area contributed by atoms with E-state index in [-0.39, 0.29) is 35.1 Å². The van der Waals surface area contributed by atoms with Crippen LogP contribution in [0, 0.1) is 12.8 Å². The summed E-state index contributed by atoms with van der Waals surface area (Å²) in [5.41, 5.74) is -5.13. The van der Waals surface area contributed by atoms with E-state index in [1.807, 2.05) is 0 Å². The summed E-state index contributed by atoms with van der Waals surface area (Å²) in [4.78, 5) is 28.4. The number of amides is 2. The van der Waals surface area contributed by atoms with Gasteiger partial charge in [-0.1, -0.05) is 0 Å². The molecule has 1 heterocycles. The van der Waals surface area contributed by atoms with Gasteiger partial charge in [-0.25, -0.2) is 4.98 Å². The molecule has 8 nitrogen and oxygen atoms in total. The summed E-state index contributed by atoms with van der Waals surface area (Å²) in [7, 11) is -4.43. The van der Waals surface area contributed by atoms with Gasteiger partial charge in [-0.05, 0) is 48.4 Å². The van der Waals surface area contributed by atoms with Crippen molar-refractivity contribution < 1.29 is 35.4 Å². The maximum atomic E-state index is 12.8. The van der Waals surface area contributed by atoms with Gasteiger partial charge in [-0.3, -0.25) is 9.59 Å². The van der Waals surface area contributed by atoms with Crippen LogP contribution in [0.3, 0.4) is 0 Å². The summed E-state index contributed by atoms with van der Waals surface area (Å²) in [6.07, 6.45) is 3.39. The predicted octanol–water partition coefficient (Wildman–Crippen LogP) is 2.71. The highest BCUT2D eigenvalue weighted by Gasteiger charge is 2.48. The molecule has 2 aromatic rings. The molecule has 0 radical (unpaired) electrons. The first-order valence-corrected chi connectivity index (χ1v) is 10.2. The van der Waals surface area contributed by atoms with E-state index in [1.54, 1.807) is 0 Å². The summed E-state index contributed by atoms with van der Waals surface area (Å²) in [5, 5.41) is 3.44. The molecular formula is C18H18F3N3O5S. The average molecular weight is 445 g/mol. The molecule has 1 N–H and O–H groups in total. The maximum absolute atomic E-state index is 12.8. The Morgan fingerprint density at radius 1 is 1.37 bits per heavy atom. The van der Waals surface area contributed by atoms with Crippen LogP contribution in [0.5, 0.6) is 5.75 Å². The van der Waals surface area contributed by atoms with Gasteiger partial charge in [-0.2, -0.15) is 21.6 Å². The number of pyridine rings is 1. The lowest BCUT2D eigenvalue weighted by Gasteiger charge is -2.19. The van der Waals surface area contributed by atoms with E-state index in [0.29, 0.717) is 17.4 Å². The summed E-state index contributed by atoms with van der Waals surface area (Å²) in [5.74, 6) is -0.523. The molecule has 12 heteroatoms. The second kappa shape index (κ2) is 7.74. The van der Waals surface area contributed by atoms with E-state index in [0.717, 1.165) is 18.9 Å². The fourth-order valence-electron chi connectivity index (χ4n) is 2.83. The van der Waals surface area contributed by atoms with Crippen LogP contribution >= 0.6 is 0 Å². The van der Waals surface area contributed by atoms with Crippen LogP contribution in [0.15, 0.2) is 18.3 Å². The zero-order valence-corrected chi connectivity index (χ0v) is 16.8. The number of hydrogen-bond acceptors (Lipinski definition) is 6. The lowest BCUT2D eigenvalue weighted by molar-refractivity contribution is -0.118. The fraction of sp³-hybridized carbons (Fsp3) is 0.389. The Kier molecular flexibility index (Phi) is 5.63. The first-order chi connectivity index (χ1) is 13.9. The smallest absolute Gasteiger partial charge is 0.376 e. The molecule has 1 aromatic carbocycles. The molecule has 1 aliphatic rings. The minimum Gasteiger partial charge on any atom is -0.376 e. The van der Waals surface area contributed by atoms with Gasteiger partial charge in [0.2, 0.25) is 12.3 Å². The highest BCUT2D eigenvalue weighted by molar-refractivity contribution is 7.88. The summed E-state index contributed by atoms with van der Waals surface area (Å²) >= 11 is 0. The number of carbonyl (C=O) groups excluding carboxylic acids is 2. The first kappa shape index (κ1) is 21.8. The highest BCUT2D eigenvalue weighted by atomic mass is 32.2. The van der Waals surface area contributed by atoms with Crippen molar-refractivity contribution in [3.05, 3.63) is 29.5 Å². The van der Waals surface area contributed by atoms with Gasteiger partial charge in [0.15, 0.2) is 0 Å². The second-order valence-corrected chi connectivity index (χ2v) is 8.57. The molecule has 1 fully saturated rings. The van der Waals surface area contributed by atoms with Gasteiger partial charge in [0.25, 0.3) is 0 Å². The molecule has 162 valence electrons. The van der Waals surface area contributed by atoms with E-state index in [9.17, 15) is 31.2 Å². The Bertz CT molecular complexity index is 1110. The van der Waals surface area contributed by atoms with Crippen LogP contribution in [-0.2, 0) is 26.3 Å². The quantitative estimate of drug-likeness (QED) is 0.399. The normalized spacial score (nSPS) is 14.4. The lowest BCUT2D eigenvalue weighted by Crippen LogP contribution is -2.28. The minimum absolute atomic E-state index is 0.0326. The predicted molar refractivity (Wildman–Crippen MR) is 101 cm³/mol. The number of halogens is 3. The topological polar surface area (TPSA) is 106 Å². The van der Waals surface area contributed by atoms with Crippen molar-refractivity contribution >= 4 is 39.0 Å². The van der Waals surface area contributed by atoms with E-state index < -0.39 is 21.4 Å². The maximum Gasteiger partial charge on any atom is 0.534 e. The Labute approximate surface area is 170 Å². The fourth-order valence-corrected chi connectivity index (χ4v) is 3.33. The summed E-state index contributed by atoms with van der Waals surface area (Å²) in [6, 6.07) is 2.65. The Morgan fingerprint density at radius 3 is 2.60 bits per heavy atom. The molecule has 0 saturated heterocycles. The standard InChI is InChI=1S/C18H18F3N3O5S/c1-10-14(8-24(2)9-25)13-6-16(23-17(26)11-3-4-11)22-7-12(13)5-15(10)29-30(27,28)18(19,20)21/h5-7,9,11H,3-4,8H2,1-2H3,(H,22,23,26). The van der Waals surface area contributed by atoms with Crippen LogP contribution in [-0.4, -0.2) is 43.2 Å². The average Bonchev–Trinajstić information content (AvgIpc) is 3.49. The molecule has 3 rings (SSSR count). The Morgan fingerprint density at radius 2 is 2.03 bits per heavy atom. The molecule has 0 aliphatic heterocycles. The van der Waals surface area contributed by atoms with Gasteiger partial charge in [0.1, 0.15) is 11.6 Å². The summed E-state index contributed by atoms with van der Waals surface area (Å²) in [6.45, 7) is 1.35. The van der Waals surface area contributed by atoms with Gasteiger partial charge in [-0.15, -0.1) is 0 Å². The third kappa shape index (κ3) is 4.48. The number of nitrogens with one attached hydrogen (secondary N) is 1. The lowest BCUT2D eigenvalue weighted by atomic mass is 9.99. The summed E-state index contributed by atoms with van der Waals surface area (Å²) < 4.78 is 65.5. The molecule has 0 bridgehead atoms. The number of alkyl halides is 3. The van der Waals surface area contributed by atoms with Gasteiger partial charge >= 0.3 is 15.6 Å². The number of carbonyl (C=O) groups is 2. The number of aromatic nitrogens is 1. The van der Waals surface area contributed by atoms with Crippen LogP contribution < -0.4 is 9.50 Å². The Hall–Kier alpha value is -2.89. The van der Waals surface area contributed by atoms with Crippen LogP contribution in [0.4, 0.5) is 19.0 Å². The molecule has 0 unspecified atom stereocenters. The molecule has 0 atom stereocenters. The van der Waals surface area contributed by atoms with Crippen LogP contribution in [0.25, 0.3) is 10.8 Å². The number of rotatable bonds is 7. The first-order valence-electron chi connectivity index (χ1n) is 8.82. The molecule has 30 heavy (non-hydrogen) atoms. The van der Waals surface area contributed by atoms with Crippen molar-refractivity contribution in [2.45, 2.75) is 31.8 Å². The molecule has 1 saturated carbocycles. The van der Waals surface area contributed by atoms with Gasteiger partial charge < -0.3 is 14.4 Å². The van der Waals surface area contributed by atoms with Crippen molar-refractivity contribution in [3.8, 4) is 5.75 Å². The third-order valence-corrected chi connectivity index (χ3v) is 5.60. The zero-order chi connectivity index (χ0) is 22.3.